The largest absolute Gasteiger partial charge is 0.495 e. The Morgan fingerprint density at radius 2 is 1.74 bits per heavy atom. The fourth-order valence-corrected chi connectivity index (χ4v) is 5.55. The van der Waals surface area contributed by atoms with Crippen molar-refractivity contribution in [3.63, 3.8) is 0 Å². The fourth-order valence-electron chi connectivity index (χ4n) is 4.45. The number of nitrogens with one attached hydrogen (secondary N) is 1. The van der Waals surface area contributed by atoms with Gasteiger partial charge in [-0.15, -0.1) is 0 Å². The van der Waals surface area contributed by atoms with Crippen molar-refractivity contribution in [3.05, 3.63) is 77.6 Å². The van der Waals surface area contributed by atoms with Gasteiger partial charge in [-0.3, -0.25) is 4.72 Å². The van der Waals surface area contributed by atoms with E-state index in [0.29, 0.717) is 11.5 Å². The molecule has 0 saturated heterocycles. The van der Waals surface area contributed by atoms with Gasteiger partial charge in [-0.05, 0) is 54.2 Å². The normalized spacial score (nSPS) is 14.5. The minimum absolute atomic E-state index is 0.0404. The molecule has 4 rings (SSSR count). The van der Waals surface area contributed by atoms with Crippen molar-refractivity contribution in [2.24, 2.45) is 0 Å². The Hall–Kier alpha value is -3.39. The van der Waals surface area contributed by atoms with Crippen LogP contribution >= 0.6 is 0 Å². The van der Waals surface area contributed by atoms with Crippen LogP contribution in [0.2, 0.25) is 0 Å². The second-order valence-corrected chi connectivity index (χ2v) is 10.1. The molecule has 3 aromatic carbocycles. The lowest BCUT2D eigenvalue weighted by atomic mass is 9.84. The Morgan fingerprint density at radius 3 is 2.35 bits per heavy atom. The maximum atomic E-state index is 15.0. The van der Waals surface area contributed by atoms with Crippen LogP contribution in [0.5, 0.6) is 5.75 Å². The summed E-state index contributed by atoms with van der Waals surface area (Å²) in [5.74, 6) is -1.43. The second kappa shape index (κ2) is 9.85. The molecule has 0 atom stereocenters. The molecule has 34 heavy (non-hydrogen) atoms. The highest BCUT2D eigenvalue weighted by Crippen LogP contribution is 2.35. The number of carboxylic acid groups (broad SMARTS) is 1. The number of halogens is 1. The number of benzene rings is 3. The van der Waals surface area contributed by atoms with Crippen molar-refractivity contribution in [3.8, 4) is 16.9 Å². The first-order chi connectivity index (χ1) is 16.3. The standard InChI is InChI=1S/C26H26FNO5S/c1-33-24-9-5-8-22(26(29)30)25(24)28-34(31,32)20-14-15-21(23(27)16-20)19-12-10-18(11-13-19)17-6-3-2-4-7-17/h5,8-17,28H,2-4,6-7H2,1H3,(H,29,30). The first kappa shape index (κ1) is 23.8. The number of carboxylic acids is 1. The molecule has 0 radical (unpaired) electrons. The van der Waals surface area contributed by atoms with Gasteiger partial charge in [0.05, 0.1) is 17.6 Å². The van der Waals surface area contributed by atoms with Crippen molar-refractivity contribution < 1.29 is 27.4 Å². The first-order valence-corrected chi connectivity index (χ1v) is 12.6. The summed E-state index contributed by atoms with van der Waals surface area (Å²) >= 11 is 0. The average molecular weight is 484 g/mol. The maximum Gasteiger partial charge on any atom is 0.337 e. The van der Waals surface area contributed by atoms with Gasteiger partial charge in [0.25, 0.3) is 10.0 Å². The van der Waals surface area contributed by atoms with Gasteiger partial charge in [0.15, 0.2) is 0 Å². The summed E-state index contributed by atoms with van der Waals surface area (Å²) in [5, 5.41) is 9.41. The van der Waals surface area contributed by atoms with Crippen LogP contribution in [0.25, 0.3) is 11.1 Å². The molecule has 0 bridgehead atoms. The van der Waals surface area contributed by atoms with E-state index in [0.717, 1.165) is 6.07 Å². The van der Waals surface area contributed by atoms with Crippen LogP contribution in [-0.2, 0) is 10.0 Å². The van der Waals surface area contributed by atoms with Crippen LogP contribution in [-0.4, -0.2) is 26.6 Å². The van der Waals surface area contributed by atoms with E-state index in [-0.39, 0.29) is 27.5 Å². The average Bonchev–Trinajstić information content (AvgIpc) is 2.84. The monoisotopic (exact) mass is 483 g/mol. The molecule has 0 unspecified atom stereocenters. The molecule has 0 spiro atoms. The number of hydrogen-bond donors (Lipinski definition) is 2. The van der Waals surface area contributed by atoms with Crippen LogP contribution < -0.4 is 9.46 Å². The van der Waals surface area contributed by atoms with E-state index in [4.69, 9.17) is 4.74 Å². The van der Waals surface area contributed by atoms with Gasteiger partial charge in [0, 0.05) is 5.56 Å². The van der Waals surface area contributed by atoms with Gasteiger partial charge >= 0.3 is 5.97 Å². The Labute approximate surface area is 198 Å². The zero-order valence-electron chi connectivity index (χ0n) is 18.8. The molecule has 2 N–H and O–H groups in total. The zero-order chi connectivity index (χ0) is 24.3. The molecule has 8 heteroatoms. The lowest BCUT2D eigenvalue weighted by molar-refractivity contribution is 0.0697. The van der Waals surface area contributed by atoms with E-state index in [1.165, 1.54) is 75.1 Å². The third kappa shape index (κ3) is 4.92. The van der Waals surface area contributed by atoms with Crippen molar-refractivity contribution in [2.75, 3.05) is 11.8 Å². The molecule has 6 nitrogen and oxygen atoms in total. The van der Waals surface area contributed by atoms with Gasteiger partial charge < -0.3 is 9.84 Å². The SMILES string of the molecule is COc1cccc(C(=O)O)c1NS(=O)(=O)c1ccc(-c2ccc(C3CCCCC3)cc2)c(F)c1. The number of anilines is 1. The Balaban J connectivity index is 1.60. The van der Waals surface area contributed by atoms with E-state index < -0.39 is 21.8 Å². The smallest absolute Gasteiger partial charge is 0.337 e. The number of rotatable bonds is 7. The number of aromatic carboxylic acids is 1. The van der Waals surface area contributed by atoms with Crippen LogP contribution in [0, 0.1) is 5.82 Å². The molecule has 0 amide bonds. The highest BCUT2D eigenvalue weighted by Gasteiger charge is 2.23. The van der Waals surface area contributed by atoms with E-state index >= 15 is 4.39 Å². The lowest BCUT2D eigenvalue weighted by Gasteiger charge is -2.22. The predicted molar refractivity (Wildman–Crippen MR) is 128 cm³/mol. The van der Waals surface area contributed by atoms with Crippen molar-refractivity contribution in [1.82, 2.24) is 0 Å². The van der Waals surface area contributed by atoms with Crippen molar-refractivity contribution >= 4 is 21.7 Å². The van der Waals surface area contributed by atoms with Crippen LogP contribution in [0.1, 0.15) is 53.9 Å². The number of sulfonamides is 1. The fraction of sp³-hybridized carbons (Fsp3) is 0.269. The molecule has 178 valence electrons. The van der Waals surface area contributed by atoms with Gasteiger partial charge in [-0.25, -0.2) is 17.6 Å². The number of methoxy groups -OCH3 is 1. The lowest BCUT2D eigenvalue weighted by Crippen LogP contribution is -2.16. The molecule has 1 aliphatic carbocycles. The predicted octanol–water partition coefficient (Wildman–Crippen LogP) is 6.05. The quantitative estimate of drug-likeness (QED) is 0.427. The summed E-state index contributed by atoms with van der Waals surface area (Å²) in [7, 11) is -2.98. The Bertz CT molecular complexity index is 1300. The molecule has 1 aliphatic rings. The zero-order valence-corrected chi connectivity index (χ0v) is 19.6. The van der Waals surface area contributed by atoms with E-state index in [9.17, 15) is 18.3 Å². The highest BCUT2D eigenvalue weighted by atomic mass is 32.2. The van der Waals surface area contributed by atoms with E-state index in [2.05, 4.69) is 4.72 Å². The minimum Gasteiger partial charge on any atom is -0.495 e. The Morgan fingerprint density at radius 1 is 1.03 bits per heavy atom. The number of ether oxygens (including phenoxy) is 1. The summed E-state index contributed by atoms with van der Waals surface area (Å²) < 4.78 is 48.2. The van der Waals surface area contributed by atoms with Gasteiger partial charge in [-0.1, -0.05) is 55.7 Å². The molecule has 1 fully saturated rings. The molecule has 0 aliphatic heterocycles. The van der Waals surface area contributed by atoms with Gasteiger partial charge in [-0.2, -0.15) is 0 Å². The summed E-state index contributed by atoms with van der Waals surface area (Å²) in [6.45, 7) is 0. The number of hydrogen-bond acceptors (Lipinski definition) is 4. The van der Waals surface area contributed by atoms with Crippen LogP contribution in [0.3, 0.4) is 0 Å². The molecule has 1 saturated carbocycles. The number of carbonyl (C=O) groups is 1. The van der Waals surface area contributed by atoms with Gasteiger partial charge in [0.2, 0.25) is 0 Å². The van der Waals surface area contributed by atoms with E-state index in [1.54, 1.807) is 0 Å². The third-order valence-electron chi connectivity index (χ3n) is 6.26. The summed E-state index contributed by atoms with van der Waals surface area (Å²) in [6.07, 6.45) is 6.08. The Kier molecular flexibility index (Phi) is 6.88. The maximum absolute atomic E-state index is 15.0. The molecule has 3 aromatic rings. The van der Waals surface area contributed by atoms with Gasteiger partial charge in [0.1, 0.15) is 17.3 Å². The summed E-state index contributed by atoms with van der Waals surface area (Å²) in [4.78, 5) is 11.2. The number of para-hydroxylation sites is 1. The molecular weight excluding hydrogens is 457 g/mol. The summed E-state index contributed by atoms with van der Waals surface area (Å²) in [5.41, 5.74) is 1.70. The van der Waals surface area contributed by atoms with Crippen molar-refractivity contribution in [2.45, 2.75) is 42.9 Å². The summed E-state index contributed by atoms with van der Waals surface area (Å²) in [6, 6.07) is 15.5. The minimum atomic E-state index is -4.28. The van der Waals surface area contributed by atoms with Crippen LogP contribution in [0.15, 0.2) is 65.6 Å². The van der Waals surface area contributed by atoms with Crippen LogP contribution in [0.4, 0.5) is 10.1 Å². The highest BCUT2D eigenvalue weighted by molar-refractivity contribution is 7.92. The first-order valence-electron chi connectivity index (χ1n) is 11.1. The van der Waals surface area contributed by atoms with E-state index in [1.807, 2.05) is 24.3 Å². The van der Waals surface area contributed by atoms with Crippen molar-refractivity contribution in [1.29, 1.82) is 0 Å². The molecule has 0 aromatic heterocycles. The molecular formula is C26H26FNO5S. The topological polar surface area (TPSA) is 92.7 Å². The third-order valence-corrected chi connectivity index (χ3v) is 7.61. The molecule has 0 heterocycles. The second-order valence-electron chi connectivity index (χ2n) is 8.39.